The van der Waals surface area contributed by atoms with E-state index in [0.29, 0.717) is 46.1 Å². The predicted molar refractivity (Wildman–Crippen MR) is 126 cm³/mol. The third-order valence-corrected chi connectivity index (χ3v) is 5.45. The number of nitrogens with one attached hydrogen (secondary N) is 1. The number of hydrogen-bond donors (Lipinski definition) is 1. The van der Waals surface area contributed by atoms with E-state index in [1.54, 1.807) is 50.4 Å². The van der Waals surface area contributed by atoms with Crippen LogP contribution in [0, 0.1) is 0 Å². The molecule has 170 valence electrons. The number of carbonyl (C=O) groups excluding carboxylic acids is 1. The number of aromatic nitrogens is 3. The topological polar surface area (TPSA) is 87.5 Å². The van der Waals surface area contributed by atoms with Crippen LogP contribution in [0.25, 0.3) is 22.3 Å². The van der Waals surface area contributed by atoms with E-state index in [0.717, 1.165) is 11.1 Å². The highest BCUT2D eigenvalue weighted by atomic mass is 16.5. The van der Waals surface area contributed by atoms with Gasteiger partial charge in [-0.1, -0.05) is 30.3 Å². The van der Waals surface area contributed by atoms with Gasteiger partial charge < -0.3 is 19.5 Å². The van der Waals surface area contributed by atoms with Crippen molar-refractivity contribution in [2.45, 2.75) is 20.0 Å². The Hall–Kier alpha value is -4.07. The number of aryl methyl sites for hydroxylation is 1. The quantitative estimate of drug-likeness (QED) is 0.439. The van der Waals surface area contributed by atoms with Crippen molar-refractivity contribution in [3.05, 3.63) is 65.9 Å². The van der Waals surface area contributed by atoms with Crippen molar-refractivity contribution in [2.24, 2.45) is 0 Å². The van der Waals surface area contributed by atoms with Crippen molar-refractivity contribution >= 4 is 16.9 Å². The maximum atomic E-state index is 13.3. The van der Waals surface area contributed by atoms with Gasteiger partial charge in [-0.2, -0.15) is 5.10 Å². The number of ether oxygens (including phenoxy) is 3. The molecule has 0 atom stereocenters. The molecular weight excluding hydrogens is 420 g/mol. The number of nitrogens with zero attached hydrogens (tertiary/aromatic N) is 3. The van der Waals surface area contributed by atoms with E-state index in [2.05, 4.69) is 10.4 Å². The summed E-state index contributed by atoms with van der Waals surface area (Å²) in [4.78, 5) is 18.1. The van der Waals surface area contributed by atoms with Gasteiger partial charge in [0.05, 0.1) is 44.2 Å². The Kier molecular flexibility index (Phi) is 6.44. The third-order valence-electron chi connectivity index (χ3n) is 5.45. The second kappa shape index (κ2) is 9.60. The summed E-state index contributed by atoms with van der Waals surface area (Å²) in [5.41, 5.74) is 3.60. The van der Waals surface area contributed by atoms with Crippen LogP contribution in [-0.2, 0) is 13.1 Å². The van der Waals surface area contributed by atoms with Crippen LogP contribution < -0.4 is 19.5 Å². The number of methoxy groups -OCH3 is 3. The molecule has 2 aromatic carbocycles. The van der Waals surface area contributed by atoms with Crippen LogP contribution in [0.4, 0.5) is 0 Å². The third kappa shape index (κ3) is 4.32. The smallest absolute Gasteiger partial charge is 0.252 e. The number of amides is 1. The fourth-order valence-electron chi connectivity index (χ4n) is 3.73. The highest BCUT2D eigenvalue weighted by molar-refractivity contribution is 6.06. The molecule has 0 fully saturated rings. The van der Waals surface area contributed by atoms with E-state index in [1.165, 1.54) is 0 Å². The van der Waals surface area contributed by atoms with E-state index in [4.69, 9.17) is 19.2 Å². The number of fused-ring (bicyclic) bond motifs is 1. The molecule has 1 N–H and O–H groups in total. The van der Waals surface area contributed by atoms with E-state index in [1.807, 2.05) is 37.3 Å². The molecule has 0 spiro atoms. The monoisotopic (exact) mass is 446 g/mol. The number of benzene rings is 2. The van der Waals surface area contributed by atoms with Crippen molar-refractivity contribution in [3.63, 3.8) is 0 Å². The highest BCUT2D eigenvalue weighted by Gasteiger charge is 2.18. The summed E-state index contributed by atoms with van der Waals surface area (Å²) in [6, 6.07) is 15.1. The van der Waals surface area contributed by atoms with Gasteiger partial charge >= 0.3 is 0 Å². The van der Waals surface area contributed by atoms with Crippen LogP contribution in [0.1, 0.15) is 22.8 Å². The van der Waals surface area contributed by atoms with Gasteiger partial charge in [-0.15, -0.1) is 0 Å². The zero-order chi connectivity index (χ0) is 23.4. The van der Waals surface area contributed by atoms with E-state index >= 15 is 0 Å². The lowest BCUT2D eigenvalue weighted by Gasteiger charge is -2.15. The number of pyridine rings is 1. The predicted octanol–water partition coefficient (Wildman–Crippen LogP) is 4.07. The van der Waals surface area contributed by atoms with Gasteiger partial charge in [-0.25, -0.2) is 9.67 Å². The number of rotatable bonds is 8. The first-order valence-electron chi connectivity index (χ1n) is 10.6. The van der Waals surface area contributed by atoms with Gasteiger partial charge in [0.1, 0.15) is 5.75 Å². The average molecular weight is 447 g/mol. The zero-order valence-electron chi connectivity index (χ0n) is 19.1. The Morgan fingerprint density at radius 2 is 1.67 bits per heavy atom. The van der Waals surface area contributed by atoms with E-state index < -0.39 is 0 Å². The Bertz CT molecular complexity index is 1280. The van der Waals surface area contributed by atoms with Crippen molar-refractivity contribution in [3.8, 4) is 28.5 Å². The zero-order valence-corrected chi connectivity index (χ0v) is 19.1. The minimum absolute atomic E-state index is 0.230. The normalized spacial score (nSPS) is 10.8. The molecule has 4 aromatic rings. The van der Waals surface area contributed by atoms with Crippen LogP contribution >= 0.6 is 0 Å². The highest BCUT2D eigenvalue weighted by Crippen LogP contribution is 2.34. The van der Waals surface area contributed by atoms with Gasteiger partial charge in [-0.05, 0) is 19.1 Å². The van der Waals surface area contributed by atoms with Crippen LogP contribution in [0.15, 0.2) is 54.7 Å². The Labute approximate surface area is 192 Å². The molecule has 2 aromatic heterocycles. The van der Waals surface area contributed by atoms with Crippen molar-refractivity contribution in [1.29, 1.82) is 0 Å². The fraction of sp³-hybridized carbons (Fsp3) is 0.240. The SMILES string of the molecule is CCn1ncc2c(C(=O)NCc3cc(OC)c(OC)cc3OC)cc(-c3ccccc3)nc21. The minimum atomic E-state index is -0.230. The summed E-state index contributed by atoms with van der Waals surface area (Å²) in [6.45, 7) is 2.89. The van der Waals surface area contributed by atoms with Gasteiger partial charge in [-0.3, -0.25) is 4.79 Å². The first-order chi connectivity index (χ1) is 16.1. The maximum Gasteiger partial charge on any atom is 0.252 e. The first kappa shape index (κ1) is 22.1. The van der Waals surface area contributed by atoms with Crippen LogP contribution in [0.2, 0.25) is 0 Å². The van der Waals surface area contributed by atoms with Crippen LogP contribution in [0.3, 0.4) is 0 Å². The molecule has 8 nitrogen and oxygen atoms in total. The molecule has 1 amide bonds. The Morgan fingerprint density at radius 1 is 0.970 bits per heavy atom. The van der Waals surface area contributed by atoms with Crippen LogP contribution in [-0.4, -0.2) is 42.0 Å². The number of carbonyl (C=O) groups is 1. The maximum absolute atomic E-state index is 13.3. The lowest BCUT2D eigenvalue weighted by Crippen LogP contribution is -2.23. The molecular formula is C25H26N4O4. The van der Waals surface area contributed by atoms with Gasteiger partial charge in [0.15, 0.2) is 17.1 Å². The lowest BCUT2D eigenvalue weighted by atomic mass is 10.1. The molecule has 0 unspecified atom stereocenters. The van der Waals surface area contributed by atoms with Gasteiger partial charge in [0.25, 0.3) is 5.91 Å². The molecule has 8 heteroatoms. The summed E-state index contributed by atoms with van der Waals surface area (Å²) in [7, 11) is 4.70. The van der Waals surface area contributed by atoms with Crippen molar-refractivity contribution in [1.82, 2.24) is 20.1 Å². The molecule has 33 heavy (non-hydrogen) atoms. The second-order valence-corrected chi connectivity index (χ2v) is 7.32. The molecule has 0 aliphatic carbocycles. The molecule has 0 aliphatic rings. The average Bonchev–Trinajstić information content (AvgIpc) is 3.29. The van der Waals surface area contributed by atoms with Crippen molar-refractivity contribution < 1.29 is 19.0 Å². The van der Waals surface area contributed by atoms with Gasteiger partial charge in [0.2, 0.25) is 0 Å². The summed E-state index contributed by atoms with van der Waals surface area (Å²) in [6.07, 6.45) is 1.69. The summed E-state index contributed by atoms with van der Waals surface area (Å²) < 4.78 is 18.0. The standard InChI is InChI=1S/C25H26N4O4/c1-5-29-24-19(15-27-29)18(12-20(28-24)16-9-7-6-8-10-16)25(30)26-14-17-11-22(32-3)23(33-4)13-21(17)31-2/h6-13,15H,5,14H2,1-4H3,(H,26,30). The first-order valence-corrected chi connectivity index (χ1v) is 10.6. The summed E-state index contributed by atoms with van der Waals surface area (Å²) >= 11 is 0. The lowest BCUT2D eigenvalue weighted by molar-refractivity contribution is 0.0952. The molecule has 0 saturated carbocycles. The van der Waals surface area contributed by atoms with Crippen LogP contribution in [0.5, 0.6) is 17.2 Å². The minimum Gasteiger partial charge on any atom is -0.496 e. The second-order valence-electron chi connectivity index (χ2n) is 7.32. The Morgan fingerprint density at radius 3 is 2.33 bits per heavy atom. The molecule has 2 heterocycles. The molecule has 0 bridgehead atoms. The number of hydrogen-bond acceptors (Lipinski definition) is 6. The molecule has 4 rings (SSSR count). The summed E-state index contributed by atoms with van der Waals surface area (Å²) in [5.74, 6) is 1.48. The Balaban J connectivity index is 1.70. The van der Waals surface area contributed by atoms with Crippen molar-refractivity contribution in [2.75, 3.05) is 21.3 Å². The molecule has 0 radical (unpaired) electrons. The summed E-state index contributed by atoms with van der Waals surface area (Å²) in [5, 5.41) is 8.10. The molecule has 0 saturated heterocycles. The van der Waals surface area contributed by atoms with Gasteiger partial charge in [0, 0.05) is 30.3 Å². The fourth-order valence-corrected chi connectivity index (χ4v) is 3.73. The van der Waals surface area contributed by atoms with E-state index in [9.17, 15) is 4.79 Å². The molecule has 0 aliphatic heterocycles. The van der Waals surface area contributed by atoms with E-state index in [-0.39, 0.29) is 12.5 Å². The largest absolute Gasteiger partial charge is 0.496 e.